The number of hydrogen-bond acceptors (Lipinski definition) is 5. The number of anilines is 2. The first-order valence-electron chi connectivity index (χ1n) is 9.62. The Morgan fingerprint density at radius 1 is 1.24 bits per heavy atom. The molecule has 0 radical (unpaired) electrons. The highest BCUT2D eigenvalue weighted by Crippen LogP contribution is 2.27. The highest BCUT2D eigenvalue weighted by atomic mass is 16.3. The van der Waals surface area contributed by atoms with E-state index in [2.05, 4.69) is 20.1 Å². The molecule has 0 unspecified atom stereocenters. The number of pyridine rings is 1. The zero-order chi connectivity index (χ0) is 17.5. The van der Waals surface area contributed by atoms with Gasteiger partial charge >= 0.3 is 0 Å². The van der Waals surface area contributed by atoms with Crippen LogP contribution in [-0.4, -0.2) is 59.7 Å². The molecule has 0 atom stereocenters. The fourth-order valence-corrected chi connectivity index (χ4v) is 3.41. The Morgan fingerprint density at radius 2 is 2.04 bits per heavy atom. The molecule has 0 bridgehead atoms. The standard InChI is InChI=1S/C19H30N4O2/c24-13-5-4-12-23(17-7-8-17)15-19(25)21-16-6-9-18(20-14-16)22-10-2-1-3-11-22/h6,9,14,17,24H,1-5,7-8,10-13,15H2,(H,21,25). The number of aliphatic hydroxyl groups is 1. The van der Waals surface area contributed by atoms with Crippen LogP contribution in [0.2, 0.25) is 0 Å². The number of aromatic nitrogens is 1. The predicted octanol–water partition coefficient (Wildman–Crippen LogP) is 2.25. The van der Waals surface area contributed by atoms with Crippen molar-refractivity contribution in [2.75, 3.05) is 43.0 Å². The van der Waals surface area contributed by atoms with Crippen molar-refractivity contribution in [1.29, 1.82) is 0 Å². The third-order valence-corrected chi connectivity index (χ3v) is 4.98. The number of nitrogens with one attached hydrogen (secondary N) is 1. The van der Waals surface area contributed by atoms with E-state index in [1.54, 1.807) is 6.20 Å². The molecule has 138 valence electrons. The molecule has 1 aliphatic carbocycles. The maximum absolute atomic E-state index is 12.3. The lowest BCUT2D eigenvalue weighted by atomic mass is 10.1. The molecule has 1 saturated carbocycles. The molecule has 6 nitrogen and oxygen atoms in total. The molecule has 2 N–H and O–H groups in total. The number of aliphatic hydroxyl groups excluding tert-OH is 1. The Labute approximate surface area is 150 Å². The quantitative estimate of drug-likeness (QED) is 0.671. The molecule has 6 heteroatoms. The number of carbonyl (C=O) groups excluding carboxylic acids is 1. The van der Waals surface area contributed by atoms with Crippen LogP contribution < -0.4 is 10.2 Å². The van der Waals surface area contributed by atoms with Gasteiger partial charge in [-0.3, -0.25) is 9.69 Å². The third-order valence-electron chi connectivity index (χ3n) is 4.98. The van der Waals surface area contributed by atoms with Gasteiger partial charge in [-0.15, -0.1) is 0 Å². The molecule has 0 aromatic carbocycles. The van der Waals surface area contributed by atoms with Crippen LogP contribution in [0.5, 0.6) is 0 Å². The average molecular weight is 346 g/mol. The lowest BCUT2D eigenvalue weighted by Crippen LogP contribution is -2.35. The summed E-state index contributed by atoms with van der Waals surface area (Å²) in [5.74, 6) is 1.02. The van der Waals surface area contributed by atoms with Gasteiger partial charge < -0.3 is 15.3 Å². The van der Waals surface area contributed by atoms with Crippen LogP contribution in [0.15, 0.2) is 18.3 Å². The van der Waals surface area contributed by atoms with E-state index in [4.69, 9.17) is 5.11 Å². The van der Waals surface area contributed by atoms with Crippen LogP contribution in [-0.2, 0) is 4.79 Å². The lowest BCUT2D eigenvalue weighted by Gasteiger charge is -2.27. The van der Waals surface area contributed by atoms with Crippen molar-refractivity contribution < 1.29 is 9.90 Å². The van der Waals surface area contributed by atoms with E-state index >= 15 is 0 Å². The number of piperidine rings is 1. The first-order chi connectivity index (χ1) is 12.3. The van der Waals surface area contributed by atoms with Crippen LogP contribution in [0, 0.1) is 0 Å². The molecule has 2 heterocycles. The minimum Gasteiger partial charge on any atom is -0.396 e. The number of amides is 1. The maximum Gasteiger partial charge on any atom is 0.238 e. The maximum atomic E-state index is 12.3. The largest absolute Gasteiger partial charge is 0.396 e. The van der Waals surface area contributed by atoms with Gasteiger partial charge in [-0.25, -0.2) is 4.98 Å². The second kappa shape index (κ2) is 9.15. The van der Waals surface area contributed by atoms with E-state index in [-0.39, 0.29) is 12.5 Å². The topological polar surface area (TPSA) is 68.7 Å². The second-order valence-electron chi connectivity index (χ2n) is 7.13. The van der Waals surface area contributed by atoms with Crippen molar-refractivity contribution in [2.45, 2.75) is 51.0 Å². The van der Waals surface area contributed by atoms with Gasteiger partial charge in [0.15, 0.2) is 0 Å². The zero-order valence-electron chi connectivity index (χ0n) is 15.0. The summed E-state index contributed by atoms with van der Waals surface area (Å²) in [5, 5.41) is 11.9. The molecule has 1 aromatic heterocycles. The van der Waals surface area contributed by atoms with Gasteiger partial charge in [-0.2, -0.15) is 0 Å². The Morgan fingerprint density at radius 3 is 2.68 bits per heavy atom. The SMILES string of the molecule is O=C(CN(CCCCO)C1CC1)Nc1ccc(N2CCCCC2)nc1. The summed E-state index contributed by atoms with van der Waals surface area (Å²) >= 11 is 0. The van der Waals surface area contributed by atoms with Crippen molar-refractivity contribution in [2.24, 2.45) is 0 Å². The van der Waals surface area contributed by atoms with E-state index in [0.717, 1.165) is 44.0 Å². The van der Waals surface area contributed by atoms with Gasteiger partial charge in [-0.1, -0.05) is 0 Å². The summed E-state index contributed by atoms with van der Waals surface area (Å²) < 4.78 is 0. The van der Waals surface area contributed by atoms with Gasteiger partial charge in [0.1, 0.15) is 5.82 Å². The van der Waals surface area contributed by atoms with E-state index in [0.29, 0.717) is 12.6 Å². The summed E-state index contributed by atoms with van der Waals surface area (Å²) in [6.07, 6.45) is 9.62. The van der Waals surface area contributed by atoms with Gasteiger partial charge in [0, 0.05) is 25.7 Å². The molecule has 1 saturated heterocycles. The summed E-state index contributed by atoms with van der Waals surface area (Å²) in [5.41, 5.74) is 0.761. The van der Waals surface area contributed by atoms with Crippen molar-refractivity contribution in [3.63, 3.8) is 0 Å². The third kappa shape index (κ3) is 5.68. The number of hydrogen-bond donors (Lipinski definition) is 2. The minimum atomic E-state index is 0.0171. The zero-order valence-corrected chi connectivity index (χ0v) is 15.0. The predicted molar refractivity (Wildman–Crippen MR) is 99.8 cm³/mol. The number of nitrogens with zero attached hydrogens (tertiary/aromatic N) is 3. The molecular weight excluding hydrogens is 316 g/mol. The van der Waals surface area contributed by atoms with Gasteiger partial charge in [0.25, 0.3) is 0 Å². The van der Waals surface area contributed by atoms with Crippen molar-refractivity contribution in [3.05, 3.63) is 18.3 Å². The van der Waals surface area contributed by atoms with Crippen LogP contribution in [0.4, 0.5) is 11.5 Å². The van der Waals surface area contributed by atoms with Crippen molar-refractivity contribution in [3.8, 4) is 0 Å². The summed E-state index contributed by atoms with van der Waals surface area (Å²) in [6, 6.07) is 4.49. The molecule has 1 aliphatic heterocycles. The highest BCUT2D eigenvalue weighted by Gasteiger charge is 2.29. The molecule has 2 fully saturated rings. The lowest BCUT2D eigenvalue weighted by molar-refractivity contribution is -0.117. The van der Waals surface area contributed by atoms with Gasteiger partial charge in [0.05, 0.1) is 18.4 Å². The van der Waals surface area contributed by atoms with Crippen LogP contribution in [0.25, 0.3) is 0 Å². The van der Waals surface area contributed by atoms with Crippen molar-refractivity contribution >= 4 is 17.4 Å². The first-order valence-corrected chi connectivity index (χ1v) is 9.62. The number of carbonyl (C=O) groups is 1. The van der Waals surface area contributed by atoms with Crippen LogP contribution in [0.1, 0.15) is 44.9 Å². The molecule has 1 aromatic rings. The molecule has 2 aliphatic rings. The minimum absolute atomic E-state index is 0.0171. The van der Waals surface area contributed by atoms with Crippen LogP contribution in [0.3, 0.4) is 0 Å². The Kier molecular flexibility index (Phi) is 6.64. The van der Waals surface area contributed by atoms with E-state index in [1.165, 1.54) is 32.1 Å². The monoisotopic (exact) mass is 346 g/mol. The Bertz CT molecular complexity index is 539. The normalized spacial score (nSPS) is 17.8. The fourth-order valence-electron chi connectivity index (χ4n) is 3.41. The van der Waals surface area contributed by atoms with E-state index in [9.17, 15) is 4.79 Å². The fraction of sp³-hybridized carbons (Fsp3) is 0.684. The second-order valence-corrected chi connectivity index (χ2v) is 7.13. The molecule has 0 spiro atoms. The molecule has 3 rings (SSSR count). The first kappa shape index (κ1) is 18.1. The summed E-state index contributed by atoms with van der Waals surface area (Å²) in [6.45, 7) is 3.67. The van der Waals surface area contributed by atoms with E-state index in [1.807, 2.05) is 12.1 Å². The highest BCUT2D eigenvalue weighted by molar-refractivity contribution is 5.92. The summed E-state index contributed by atoms with van der Waals surface area (Å²) in [4.78, 5) is 21.4. The average Bonchev–Trinajstić information content (AvgIpc) is 3.47. The summed E-state index contributed by atoms with van der Waals surface area (Å²) in [7, 11) is 0. The Balaban J connectivity index is 1.48. The van der Waals surface area contributed by atoms with Crippen molar-refractivity contribution in [1.82, 2.24) is 9.88 Å². The molecule has 1 amide bonds. The van der Waals surface area contributed by atoms with Gasteiger partial charge in [0.2, 0.25) is 5.91 Å². The van der Waals surface area contributed by atoms with Crippen LogP contribution >= 0.6 is 0 Å². The molecular formula is C19H30N4O2. The van der Waals surface area contributed by atoms with E-state index < -0.39 is 0 Å². The number of rotatable bonds is 9. The Hall–Kier alpha value is -1.66. The number of unbranched alkanes of at least 4 members (excludes halogenated alkanes) is 1. The molecule has 25 heavy (non-hydrogen) atoms. The smallest absolute Gasteiger partial charge is 0.238 e. The van der Waals surface area contributed by atoms with Gasteiger partial charge in [-0.05, 0) is 63.6 Å².